The summed E-state index contributed by atoms with van der Waals surface area (Å²) < 4.78 is 10.3. The number of hydrogen-bond donors (Lipinski definition) is 0. The number of hydrogen-bond acceptors (Lipinski definition) is 4. The summed E-state index contributed by atoms with van der Waals surface area (Å²) in [4.78, 5) is 25.0. The van der Waals surface area contributed by atoms with E-state index < -0.39 is 5.60 Å². The van der Waals surface area contributed by atoms with Crippen LogP contribution in [-0.2, 0) is 14.3 Å². The SMILES string of the molecule is CCOC(=O)CCC1CC2(C1)CN(C(=O)OC(C)(C)C)C2. The molecule has 2 rings (SSSR count). The minimum Gasteiger partial charge on any atom is -0.466 e. The zero-order valence-corrected chi connectivity index (χ0v) is 13.6. The average molecular weight is 297 g/mol. The number of ether oxygens (including phenoxy) is 2. The highest BCUT2D eigenvalue weighted by molar-refractivity contribution is 5.70. The predicted octanol–water partition coefficient (Wildman–Crippen LogP) is 2.98. The summed E-state index contributed by atoms with van der Waals surface area (Å²) in [5.41, 5.74) is -0.127. The van der Waals surface area contributed by atoms with E-state index in [0.717, 1.165) is 32.4 Å². The maximum absolute atomic E-state index is 11.9. The van der Waals surface area contributed by atoms with Gasteiger partial charge in [-0.3, -0.25) is 4.79 Å². The second kappa shape index (κ2) is 5.85. The zero-order valence-electron chi connectivity index (χ0n) is 13.6. The summed E-state index contributed by atoms with van der Waals surface area (Å²) in [7, 11) is 0. The van der Waals surface area contributed by atoms with Crippen LogP contribution in [0.15, 0.2) is 0 Å². The molecule has 21 heavy (non-hydrogen) atoms. The first-order valence-electron chi connectivity index (χ1n) is 7.86. The maximum atomic E-state index is 11.9. The molecule has 0 aromatic carbocycles. The second-order valence-electron chi connectivity index (χ2n) is 7.45. The van der Waals surface area contributed by atoms with Gasteiger partial charge in [0.2, 0.25) is 0 Å². The predicted molar refractivity (Wildman–Crippen MR) is 78.8 cm³/mol. The normalized spacial score (nSPS) is 20.7. The van der Waals surface area contributed by atoms with Crippen LogP contribution in [0.5, 0.6) is 0 Å². The molecule has 0 N–H and O–H groups in total. The molecule has 1 heterocycles. The lowest BCUT2D eigenvalue weighted by atomic mass is 9.57. The van der Waals surface area contributed by atoms with E-state index in [1.807, 2.05) is 27.7 Å². The Morgan fingerprint density at radius 2 is 1.86 bits per heavy atom. The van der Waals surface area contributed by atoms with Crippen molar-refractivity contribution >= 4 is 12.1 Å². The van der Waals surface area contributed by atoms with Crippen LogP contribution in [0.1, 0.15) is 53.4 Å². The first-order valence-corrected chi connectivity index (χ1v) is 7.86. The van der Waals surface area contributed by atoms with Crippen molar-refractivity contribution in [3.8, 4) is 0 Å². The first-order chi connectivity index (χ1) is 9.73. The topological polar surface area (TPSA) is 55.8 Å². The van der Waals surface area contributed by atoms with Gasteiger partial charge in [0.15, 0.2) is 0 Å². The van der Waals surface area contributed by atoms with Crippen molar-refractivity contribution in [1.29, 1.82) is 0 Å². The van der Waals surface area contributed by atoms with E-state index >= 15 is 0 Å². The minimum absolute atomic E-state index is 0.0950. The van der Waals surface area contributed by atoms with Gasteiger partial charge in [-0.2, -0.15) is 0 Å². The van der Waals surface area contributed by atoms with Crippen LogP contribution in [0, 0.1) is 11.3 Å². The number of rotatable bonds is 4. The number of nitrogens with zero attached hydrogens (tertiary/aromatic N) is 1. The van der Waals surface area contributed by atoms with E-state index in [4.69, 9.17) is 9.47 Å². The van der Waals surface area contributed by atoms with Gasteiger partial charge in [0.05, 0.1) is 6.61 Å². The van der Waals surface area contributed by atoms with Crippen LogP contribution in [0.2, 0.25) is 0 Å². The van der Waals surface area contributed by atoms with Crippen LogP contribution in [-0.4, -0.2) is 42.3 Å². The number of amides is 1. The molecule has 1 aliphatic heterocycles. The fraction of sp³-hybridized carbons (Fsp3) is 0.875. The Morgan fingerprint density at radius 3 is 2.38 bits per heavy atom. The number of likely N-dealkylation sites (tertiary alicyclic amines) is 1. The molecule has 0 atom stereocenters. The highest BCUT2D eigenvalue weighted by Gasteiger charge is 2.54. The van der Waals surface area contributed by atoms with E-state index in [9.17, 15) is 9.59 Å². The van der Waals surface area contributed by atoms with E-state index in [2.05, 4.69) is 0 Å². The van der Waals surface area contributed by atoms with Gasteiger partial charge in [0.25, 0.3) is 0 Å². The van der Waals surface area contributed by atoms with Crippen molar-refractivity contribution in [2.24, 2.45) is 11.3 Å². The Labute approximate surface area is 127 Å². The molecule has 0 unspecified atom stereocenters. The van der Waals surface area contributed by atoms with Gasteiger partial charge in [0.1, 0.15) is 5.60 Å². The molecule has 0 radical (unpaired) electrons. The summed E-state index contributed by atoms with van der Waals surface area (Å²) in [6, 6.07) is 0. The largest absolute Gasteiger partial charge is 0.466 e. The first kappa shape index (κ1) is 16.1. The monoisotopic (exact) mass is 297 g/mol. The maximum Gasteiger partial charge on any atom is 0.410 e. The Morgan fingerprint density at radius 1 is 1.24 bits per heavy atom. The Hall–Kier alpha value is -1.26. The summed E-state index contributed by atoms with van der Waals surface area (Å²) >= 11 is 0. The standard InChI is InChI=1S/C16H27NO4/c1-5-20-13(18)7-6-12-8-16(9-12)10-17(11-16)14(19)21-15(2,3)4/h12H,5-11H2,1-4H3. The Kier molecular flexibility index (Phi) is 4.49. The molecule has 1 saturated carbocycles. The third-order valence-corrected chi connectivity index (χ3v) is 4.21. The second-order valence-corrected chi connectivity index (χ2v) is 7.45. The van der Waals surface area contributed by atoms with Crippen molar-refractivity contribution in [2.75, 3.05) is 19.7 Å². The minimum atomic E-state index is -0.429. The highest BCUT2D eigenvalue weighted by Crippen LogP contribution is 2.53. The third kappa shape index (κ3) is 4.11. The van der Waals surface area contributed by atoms with Crippen LogP contribution in [0.3, 0.4) is 0 Å². The van der Waals surface area contributed by atoms with Crippen LogP contribution >= 0.6 is 0 Å². The van der Waals surface area contributed by atoms with Gasteiger partial charge in [-0.25, -0.2) is 4.79 Å². The van der Waals surface area contributed by atoms with Crippen LogP contribution < -0.4 is 0 Å². The molecule has 1 saturated heterocycles. The third-order valence-electron chi connectivity index (χ3n) is 4.21. The zero-order chi connectivity index (χ0) is 15.7. The fourth-order valence-corrected chi connectivity index (χ4v) is 3.40. The average Bonchev–Trinajstić information content (AvgIpc) is 2.22. The Bertz CT molecular complexity index is 399. The molecule has 5 nitrogen and oxygen atoms in total. The number of esters is 1. The van der Waals surface area contributed by atoms with Crippen molar-refractivity contribution in [2.45, 2.75) is 59.0 Å². The van der Waals surface area contributed by atoms with Gasteiger partial charge < -0.3 is 14.4 Å². The molecule has 5 heteroatoms. The molecular weight excluding hydrogens is 270 g/mol. The molecule has 0 aromatic rings. The quantitative estimate of drug-likeness (QED) is 0.749. The molecule has 0 bridgehead atoms. The van der Waals surface area contributed by atoms with E-state index in [1.54, 1.807) is 4.90 Å². The van der Waals surface area contributed by atoms with E-state index in [1.165, 1.54) is 0 Å². The molecule has 2 aliphatic rings. The van der Waals surface area contributed by atoms with Gasteiger partial charge in [-0.15, -0.1) is 0 Å². The van der Waals surface area contributed by atoms with Gasteiger partial charge in [-0.05, 0) is 52.9 Å². The Balaban J connectivity index is 1.63. The van der Waals surface area contributed by atoms with E-state index in [-0.39, 0.29) is 12.1 Å². The molecule has 0 aromatic heterocycles. The van der Waals surface area contributed by atoms with E-state index in [0.29, 0.717) is 24.4 Å². The molecular formula is C16H27NO4. The summed E-state index contributed by atoms with van der Waals surface area (Å²) in [5, 5.41) is 0. The van der Waals surface area contributed by atoms with Crippen LogP contribution in [0.25, 0.3) is 0 Å². The molecule has 1 aliphatic carbocycles. The van der Waals surface area contributed by atoms with Gasteiger partial charge in [-0.1, -0.05) is 0 Å². The molecule has 2 fully saturated rings. The lowest BCUT2D eigenvalue weighted by Crippen LogP contribution is -2.64. The number of carbonyl (C=O) groups excluding carboxylic acids is 2. The fourth-order valence-electron chi connectivity index (χ4n) is 3.40. The molecule has 1 spiro atoms. The summed E-state index contributed by atoms with van der Waals surface area (Å²) in [6.45, 7) is 9.55. The highest BCUT2D eigenvalue weighted by atomic mass is 16.6. The lowest BCUT2D eigenvalue weighted by Gasteiger charge is -2.58. The van der Waals surface area contributed by atoms with Gasteiger partial charge >= 0.3 is 12.1 Å². The van der Waals surface area contributed by atoms with Crippen molar-refractivity contribution < 1.29 is 19.1 Å². The van der Waals surface area contributed by atoms with Crippen molar-refractivity contribution in [1.82, 2.24) is 4.90 Å². The lowest BCUT2D eigenvalue weighted by molar-refractivity contribution is -0.144. The van der Waals surface area contributed by atoms with Crippen LogP contribution in [0.4, 0.5) is 4.79 Å². The molecule has 120 valence electrons. The molecule has 1 amide bonds. The summed E-state index contributed by atoms with van der Waals surface area (Å²) in [6.07, 6.45) is 3.46. The van der Waals surface area contributed by atoms with Gasteiger partial charge in [0, 0.05) is 24.9 Å². The van der Waals surface area contributed by atoms with Crippen molar-refractivity contribution in [3.63, 3.8) is 0 Å². The smallest absolute Gasteiger partial charge is 0.410 e. The summed E-state index contributed by atoms with van der Waals surface area (Å²) in [5.74, 6) is 0.512. The number of carbonyl (C=O) groups is 2. The van der Waals surface area contributed by atoms with Crippen molar-refractivity contribution in [3.05, 3.63) is 0 Å².